The number of nitrogens with one attached hydrogen (secondary N) is 4. The van der Waals surface area contributed by atoms with E-state index in [1.165, 1.54) is 19.0 Å². The van der Waals surface area contributed by atoms with Crippen LogP contribution >= 0.6 is 0 Å². The highest BCUT2D eigenvalue weighted by molar-refractivity contribution is 5.94. The summed E-state index contributed by atoms with van der Waals surface area (Å²) < 4.78 is 0. The largest absolute Gasteiger partial charge is 0.394 e. The van der Waals surface area contributed by atoms with Gasteiger partial charge in [0.05, 0.1) is 32.8 Å². The molecule has 0 rings (SSSR count). The zero-order valence-electron chi connectivity index (χ0n) is 24.7. The molecule has 16 nitrogen and oxygen atoms in total. The fraction of sp³-hybridized carbons (Fsp3) is 0.720. The van der Waals surface area contributed by atoms with Gasteiger partial charge in [0.25, 0.3) is 0 Å². The highest BCUT2D eigenvalue weighted by Gasteiger charge is 2.29. The third-order valence-corrected chi connectivity index (χ3v) is 5.82. The van der Waals surface area contributed by atoms with Gasteiger partial charge >= 0.3 is 0 Å². The maximum Gasteiger partial charge on any atom is 0.247 e. The number of hydrogen-bond donors (Lipinski definition) is 7. The Balaban J connectivity index is 5.13. The van der Waals surface area contributed by atoms with Crippen molar-refractivity contribution >= 4 is 41.4 Å². The van der Waals surface area contributed by atoms with E-state index >= 15 is 0 Å². The Labute approximate surface area is 240 Å². The van der Waals surface area contributed by atoms with Crippen molar-refractivity contribution in [3.8, 4) is 0 Å². The van der Waals surface area contributed by atoms with Gasteiger partial charge in [-0.05, 0) is 24.7 Å². The maximum atomic E-state index is 12.8. The number of primary amides is 1. The summed E-state index contributed by atoms with van der Waals surface area (Å²) in [6.45, 7) is 4.87. The molecule has 0 fully saturated rings. The van der Waals surface area contributed by atoms with Crippen LogP contribution in [0, 0.1) is 11.8 Å². The minimum Gasteiger partial charge on any atom is -0.394 e. The van der Waals surface area contributed by atoms with E-state index in [9.17, 15) is 38.7 Å². The van der Waals surface area contributed by atoms with Crippen LogP contribution in [-0.2, 0) is 33.6 Å². The summed E-state index contributed by atoms with van der Waals surface area (Å²) in [4.78, 5) is 87.9. The molecule has 16 heteroatoms. The van der Waals surface area contributed by atoms with Crippen LogP contribution in [0.25, 0.3) is 0 Å². The quantitative estimate of drug-likeness (QED) is 0.0826. The molecule has 0 bridgehead atoms. The Morgan fingerprint density at radius 1 is 0.780 bits per heavy atom. The van der Waals surface area contributed by atoms with Gasteiger partial charge in [-0.1, -0.05) is 27.7 Å². The molecule has 41 heavy (non-hydrogen) atoms. The number of rotatable bonds is 18. The number of aliphatic hydroxyl groups excluding tert-OH is 1. The zero-order valence-corrected chi connectivity index (χ0v) is 24.7. The topological polar surface area (TPSA) is 246 Å². The maximum absolute atomic E-state index is 12.8. The highest BCUT2D eigenvalue weighted by atomic mass is 16.3. The first-order valence-corrected chi connectivity index (χ1v) is 13.3. The molecule has 0 aliphatic carbocycles. The Morgan fingerprint density at radius 3 is 1.80 bits per heavy atom. The van der Waals surface area contributed by atoms with Crippen LogP contribution in [0.5, 0.6) is 0 Å². The molecule has 0 aromatic rings. The average molecular weight is 587 g/mol. The van der Waals surface area contributed by atoms with Crippen molar-refractivity contribution in [2.45, 2.75) is 58.7 Å². The first kappa shape index (κ1) is 37.2. The van der Waals surface area contributed by atoms with Crippen molar-refractivity contribution in [1.29, 1.82) is 0 Å². The van der Waals surface area contributed by atoms with Crippen LogP contribution in [0.2, 0.25) is 0 Å². The summed E-state index contributed by atoms with van der Waals surface area (Å²) in [6.07, 6.45) is 0.578. The predicted molar refractivity (Wildman–Crippen MR) is 148 cm³/mol. The van der Waals surface area contributed by atoms with Gasteiger partial charge in [0.15, 0.2) is 0 Å². The van der Waals surface area contributed by atoms with Crippen LogP contribution in [-0.4, -0.2) is 121 Å². The Bertz CT molecular complexity index is 943. The van der Waals surface area contributed by atoms with Crippen molar-refractivity contribution in [3.63, 3.8) is 0 Å². The summed E-state index contributed by atoms with van der Waals surface area (Å²) in [7, 11) is 2.71. The molecule has 0 saturated heterocycles. The Hall–Kier alpha value is -3.79. The smallest absolute Gasteiger partial charge is 0.247 e. The molecule has 0 spiro atoms. The fourth-order valence-electron chi connectivity index (χ4n) is 3.72. The van der Waals surface area contributed by atoms with Crippen LogP contribution in [0.1, 0.15) is 40.5 Å². The number of carbonyl (C=O) groups is 7. The van der Waals surface area contributed by atoms with Gasteiger partial charge in [0, 0.05) is 14.1 Å². The van der Waals surface area contributed by atoms with Crippen LogP contribution < -0.4 is 32.7 Å². The molecule has 3 atom stereocenters. The standard InChI is InChI=1S/C25H46N8O8/c1-14(2)7-16(23(39)28-10-19(27)35)30-21(37)12-32(5)25(41)17(13-34)31-20(36)11-29-24(40)18(8-15(3)4)33(6)22(38)9-26/h14-18,34H,7-13,26H2,1-6H3,(H2,27,35)(H,28,39)(H,29,40)(H,30,37)(H,31,36). The number of amides is 7. The van der Waals surface area contributed by atoms with Gasteiger partial charge < -0.3 is 47.6 Å². The number of likely N-dealkylation sites (N-methyl/N-ethyl adjacent to an activating group) is 2. The minimum absolute atomic E-state index is 0.00987. The molecule has 0 aliphatic rings. The highest BCUT2D eigenvalue weighted by Crippen LogP contribution is 2.11. The van der Waals surface area contributed by atoms with Gasteiger partial charge in [0.2, 0.25) is 41.4 Å². The lowest BCUT2D eigenvalue weighted by molar-refractivity contribution is -0.140. The summed E-state index contributed by atoms with van der Waals surface area (Å²) in [6, 6.07) is -3.27. The third kappa shape index (κ3) is 14.4. The van der Waals surface area contributed by atoms with E-state index in [0.29, 0.717) is 6.42 Å². The molecule has 9 N–H and O–H groups in total. The molecule has 3 unspecified atom stereocenters. The zero-order chi connectivity index (χ0) is 31.9. The fourth-order valence-corrected chi connectivity index (χ4v) is 3.72. The van der Waals surface area contributed by atoms with Crippen LogP contribution in [0.15, 0.2) is 0 Å². The lowest BCUT2D eigenvalue weighted by Gasteiger charge is -2.28. The molecule has 0 heterocycles. The Morgan fingerprint density at radius 2 is 1.32 bits per heavy atom. The van der Waals surface area contributed by atoms with Gasteiger partial charge in [-0.3, -0.25) is 33.6 Å². The molecule has 234 valence electrons. The number of nitrogens with two attached hydrogens (primary N) is 2. The van der Waals surface area contributed by atoms with Gasteiger partial charge in [0.1, 0.15) is 18.1 Å². The van der Waals surface area contributed by atoms with Gasteiger partial charge in [-0.25, -0.2) is 0 Å². The monoisotopic (exact) mass is 586 g/mol. The van der Waals surface area contributed by atoms with Gasteiger partial charge in [-0.15, -0.1) is 0 Å². The van der Waals surface area contributed by atoms with E-state index < -0.39 is 85.7 Å². The van der Waals surface area contributed by atoms with Crippen LogP contribution in [0.3, 0.4) is 0 Å². The molecular weight excluding hydrogens is 540 g/mol. The third-order valence-electron chi connectivity index (χ3n) is 5.82. The molecular formula is C25H46N8O8. The van der Waals surface area contributed by atoms with Crippen molar-refractivity contribution in [1.82, 2.24) is 31.1 Å². The second kappa shape index (κ2) is 18.5. The second-order valence-corrected chi connectivity index (χ2v) is 10.5. The molecule has 0 aromatic heterocycles. The predicted octanol–water partition coefficient (Wildman–Crippen LogP) is -4.00. The van der Waals surface area contributed by atoms with E-state index in [2.05, 4.69) is 21.3 Å². The van der Waals surface area contributed by atoms with Crippen LogP contribution in [0.4, 0.5) is 0 Å². The Kier molecular flexibility index (Phi) is 16.8. The number of hydrogen-bond acceptors (Lipinski definition) is 9. The van der Waals surface area contributed by atoms with Crippen molar-refractivity contribution in [3.05, 3.63) is 0 Å². The normalized spacial score (nSPS) is 13.0. The van der Waals surface area contributed by atoms with E-state index in [1.807, 2.05) is 27.7 Å². The second-order valence-electron chi connectivity index (χ2n) is 10.5. The first-order valence-electron chi connectivity index (χ1n) is 13.3. The lowest BCUT2D eigenvalue weighted by Crippen LogP contribution is -2.55. The van der Waals surface area contributed by atoms with Crippen molar-refractivity contribution < 1.29 is 38.7 Å². The van der Waals surface area contributed by atoms with E-state index in [-0.39, 0.29) is 24.8 Å². The molecule has 0 radical (unpaired) electrons. The number of aliphatic hydroxyl groups is 1. The van der Waals surface area contributed by atoms with E-state index in [0.717, 1.165) is 4.90 Å². The molecule has 0 aromatic carbocycles. The summed E-state index contributed by atoms with van der Waals surface area (Å²) in [5, 5.41) is 19.2. The SMILES string of the molecule is CC(C)CC(NC(=O)CN(C)C(=O)C(CO)NC(=O)CNC(=O)C(CC(C)C)N(C)C(=O)CN)C(=O)NCC(N)=O. The van der Waals surface area contributed by atoms with Gasteiger partial charge in [-0.2, -0.15) is 0 Å². The molecule has 7 amide bonds. The minimum atomic E-state index is -1.42. The summed E-state index contributed by atoms with van der Waals surface area (Å²) in [5.41, 5.74) is 10.4. The first-order chi connectivity index (χ1) is 19.0. The summed E-state index contributed by atoms with van der Waals surface area (Å²) in [5.74, 6) is -4.61. The molecule has 0 saturated carbocycles. The van der Waals surface area contributed by atoms with Crippen molar-refractivity contribution in [2.75, 3.05) is 46.9 Å². The molecule has 0 aliphatic heterocycles. The number of carbonyl (C=O) groups excluding carboxylic acids is 7. The lowest BCUT2D eigenvalue weighted by atomic mass is 10.0. The van der Waals surface area contributed by atoms with E-state index in [4.69, 9.17) is 11.5 Å². The number of nitrogens with zero attached hydrogens (tertiary/aromatic N) is 2. The van der Waals surface area contributed by atoms with Crippen molar-refractivity contribution in [2.24, 2.45) is 23.3 Å². The average Bonchev–Trinajstić information content (AvgIpc) is 2.89. The summed E-state index contributed by atoms with van der Waals surface area (Å²) >= 11 is 0. The van der Waals surface area contributed by atoms with E-state index in [1.54, 1.807) is 0 Å².